The predicted molar refractivity (Wildman–Crippen MR) is 102 cm³/mol. The molecule has 1 aliphatic heterocycles. The molecule has 7 heteroatoms. The second kappa shape index (κ2) is 6.81. The number of nitrogens with zero attached hydrogens (tertiary/aromatic N) is 2. The van der Waals surface area contributed by atoms with Gasteiger partial charge in [-0.3, -0.25) is 24.3 Å². The largest absolute Gasteiger partial charge is 0.325 e. The molecule has 1 aromatic heterocycles. The average molecular weight is 380 g/mol. The average Bonchev–Trinajstić information content (AvgIpc) is 2.92. The number of benzene rings is 2. The van der Waals surface area contributed by atoms with Crippen LogP contribution < -0.4 is 5.32 Å². The number of carbonyl (C=O) groups excluding carboxylic acids is 3. The molecular weight excluding hydrogens is 366 g/mol. The number of imide groups is 1. The number of anilines is 1. The second-order valence-corrected chi connectivity index (χ2v) is 6.51. The highest BCUT2D eigenvalue weighted by atomic mass is 35.5. The fourth-order valence-electron chi connectivity index (χ4n) is 3.12. The van der Waals surface area contributed by atoms with Crippen molar-refractivity contribution in [3.05, 3.63) is 70.9 Å². The van der Waals surface area contributed by atoms with Gasteiger partial charge in [0.15, 0.2) is 0 Å². The number of amides is 3. The van der Waals surface area contributed by atoms with E-state index in [1.54, 1.807) is 48.7 Å². The van der Waals surface area contributed by atoms with Crippen LogP contribution in [0.5, 0.6) is 0 Å². The summed E-state index contributed by atoms with van der Waals surface area (Å²) < 4.78 is 0. The number of fused-ring (bicyclic) bond motifs is 2. The number of halogens is 1. The van der Waals surface area contributed by atoms with Crippen LogP contribution >= 0.6 is 11.6 Å². The number of carbonyl (C=O) groups is 3. The Balaban J connectivity index is 1.47. The van der Waals surface area contributed by atoms with Crippen molar-refractivity contribution in [2.45, 2.75) is 6.42 Å². The molecule has 3 aromatic rings. The molecule has 2 heterocycles. The van der Waals surface area contributed by atoms with Crippen LogP contribution in [0, 0.1) is 0 Å². The molecule has 0 radical (unpaired) electrons. The maximum Gasteiger partial charge on any atom is 0.261 e. The van der Waals surface area contributed by atoms with E-state index in [4.69, 9.17) is 11.6 Å². The quantitative estimate of drug-likeness (QED) is 0.703. The molecule has 0 spiro atoms. The summed E-state index contributed by atoms with van der Waals surface area (Å²) in [6.45, 7) is 0.0158. The molecule has 27 heavy (non-hydrogen) atoms. The molecule has 0 aliphatic carbocycles. The van der Waals surface area contributed by atoms with Crippen LogP contribution in [0.3, 0.4) is 0 Å². The SMILES string of the molecule is O=C(CCN1C(=O)c2ccccc2C1=O)Nc1ccnc2c(Cl)cccc12. The maximum atomic E-state index is 12.4. The number of hydrogen-bond acceptors (Lipinski definition) is 4. The van der Waals surface area contributed by atoms with Crippen LogP contribution in [0.4, 0.5) is 5.69 Å². The minimum absolute atomic E-state index is 0.00412. The Morgan fingerprint density at radius 3 is 2.41 bits per heavy atom. The van der Waals surface area contributed by atoms with Gasteiger partial charge in [-0.25, -0.2) is 0 Å². The zero-order valence-corrected chi connectivity index (χ0v) is 14.9. The number of aromatic nitrogens is 1. The first-order valence-corrected chi connectivity index (χ1v) is 8.72. The highest BCUT2D eigenvalue weighted by Gasteiger charge is 2.34. The van der Waals surface area contributed by atoms with Crippen molar-refractivity contribution in [1.29, 1.82) is 0 Å². The summed E-state index contributed by atoms with van der Waals surface area (Å²) >= 11 is 6.13. The molecule has 4 rings (SSSR count). The van der Waals surface area contributed by atoms with E-state index in [2.05, 4.69) is 10.3 Å². The third kappa shape index (κ3) is 3.04. The highest BCUT2D eigenvalue weighted by Crippen LogP contribution is 2.27. The van der Waals surface area contributed by atoms with Gasteiger partial charge in [0, 0.05) is 24.5 Å². The van der Waals surface area contributed by atoms with Crippen LogP contribution in [0.1, 0.15) is 27.1 Å². The Hall–Kier alpha value is -3.25. The zero-order chi connectivity index (χ0) is 19.0. The van der Waals surface area contributed by atoms with Crippen LogP contribution in [0.15, 0.2) is 54.7 Å². The maximum absolute atomic E-state index is 12.4. The minimum atomic E-state index is -0.371. The van der Waals surface area contributed by atoms with Crippen LogP contribution in [-0.2, 0) is 4.79 Å². The van der Waals surface area contributed by atoms with Gasteiger partial charge in [-0.2, -0.15) is 0 Å². The lowest BCUT2D eigenvalue weighted by Crippen LogP contribution is -2.32. The molecule has 0 unspecified atom stereocenters. The van der Waals surface area contributed by atoms with Gasteiger partial charge in [0.2, 0.25) is 5.91 Å². The molecule has 0 saturated heterocycles. The Bertz CT molecular complexity index is 1060. The molecule has 134 valence electrons. The Morgan fingerprint density at radius 2 is 1.70 bits per heavy atom. The first-order valence-electron chi connectivity index (χ1n) is 8.34. The van der Waals surface area contributed by atoms with E-state index >= 15 is 0 Å². The van der Waals surface area contributed by atoms with Gasteiger partial charge in [0.1, 0.15) is 0 Å². The molecule has 0 saturated carbocycles. The van der Waals surface area contributed by atoms with Gasteiger partial charge in [0.25, 0.3) is 11.8 Å². The summed E-state index contributed by atoms with van der Waals surface area (Å²) in [5.74, 6) is -1.05. The number of para-hydroxylation sites is 1. The fraction of sp³-hybridized carbons (Fsp3) is 0.100. The molecule has 3 amide bonds. The molecule has 6 nitrogen and oxygen atoms in total. The van der Waals surface area contributed by atoms with E-state index in [-0.39, 0.29) is 30.7 Å². The van der Waals surface area contributed by atoms with Gasteiger partial charge in [-0.1, -0.05) is 35.9 Å². The first-order chi connectivity index (χ1) is 13.1. The van der Waals surface area contributed by atoms with E-state index in [9.17, 15) is 14.4 Å². The molecule has 0 atom stereocenters. The van der Waals surface area contributed by atoms with Crippen molar-refractivity contribution in [3.63, 3.8) is 0 Å². The van der Waals surface area contributed by atoms with Crippen molar-refractivity contribution >= 4 is 45.9 Å². The minimum Gasteiger partial charge on any atom is -0.325 e. The predicted octanol–water partition coefficient (Wildman–Crippen LogP) is 3.51. The van der Waals surface area contributed by atoms with Crippen molar-refractivity contribution < 1.29 is 14.4 Å². The van der Waals surface area contributed by atoms with Crippen LogP contribution in [-0.4, -0.2) is 34.2 Å². The Morgan fingerprint density at radius 1 is 1.00 bits per heavy atom. The standard InChI is InChI=1S/C20H14ClN3O3/c21-15-7-3-6-14-16(8-10-22-18(14)15)23-17(25)9-11-24-19(26)12-4-1-2-5-13(12)20(24)27/h1-8,10H,9,11H2,(H,22,23,25). The summed E-state index contributed by atoms with van der Waals surface area (Å²) in [5, 5.41) is 4.02. The molecule has 2 aromatic carbocycles. The van der Waals surface area contributed by atoms with E-state index < -0.39 is 0 Å². The zero-order valence-electron chi connectivity index (χ0n) is 14.1. The van der Waals surface area contributed by atoms with E-state index in [1.807, 2.05) is 6.07 Å². The second-order valence-electron chi connectivity index (χ2n) is 6.10. The van der Waals surface area contributed by atoms with Gasteiger partial charge in [0.05, 0.1) is 27.4 Å². The first kappa shape index (κ1) is 17.2. The van der Waals surface area contributed by atoms with Crippen molar-refractivity contribution in [1.82, 2.24) is 9.88 Å². The van der Waals surface area contributed by atoms with Crippen LogP contribution in [0.2, 0.25) is 5.02 Å². The highest BCUT2D eigenvalue weighted by molar-refractivity contribution is 6.35. The van der Waals surface area contributed by atoms with Gasteiger partial charge in [-0.05, 0) is 24.3 Å². The fourth-order valence-corrected chi connectivity index (χ4v) is 3.34. The van der Waals surface area contributed by atoms with E-state index in [0.717, 1.165) is 10.3 Å². The lowest BCUT2D eigenvalue weighted by Gasteiger charge is -2.14. The summed E-state index contributed by atoms with van der Waals surface area (Å²) in [7, 11) is 0. The van der Waals surface area contributed by atoms with Gasteiger partial charge < -0.3 is 5.32 Å². The molecule has 1 N–H and O–H groups in total. The lowest BCUT2D eigenvalue weighted by atomic mass is 10.1. The lowest BCUT2D eigenvalue weighted by molar-refractivity contribution is -0.116. The molecule has 1 aliphatic rings. The van der Waals surface area contributed by atoms with E-state index in [1.165, 1.54) is 0 Å². The normalized spacial score (nSPS) is 13.1. The van der Waals surface area contributed by atoms with Crippen molar-refractivity contribution in [3.8, 4) is 0 Å². The summed E-state index contributed by atoms with van der Waals surface area (Å²) in [4.78, 5) is 42.4. The van der Waals surface area contributed by atoms with E-state index in [0.29, 0.717) is 27.4 Å². The summed E-state index contributed by atoms with van der Waals surface area (Å²) in [6, 6.07) is 13.6. The molecule has 0 fully saturated rings. The third-order valence-corrected chi connectivity index (χ3v) is 4.74. The Kier molecular flexibility index (Phi) is 4.33. The molecule has 0 bridgehead atoms. The summed E-state index contributed by atoms with van der Waals surface area (Å²) in [5.41, 5.74) is 1.92. The molecular formula is C20H14ClN3O3. The van der Waals surface area contributed by atoms with Crippen LogP contribution in [0.25, 0.3) is 10.9 Å². The summed E-state index contributed by atoms with van der Waals surface area (Å²) in [6.07, 6.45) is 1.56. The number of nitrogens with one attached hydrogen (secondary N) is 1. The smallest absolute Gasteiger partial charge is 0.261 e. The third-order valence-electron chi connectivity index (χ3n) is 4.44. The number of pyridine rings is 1. The topological polar surface area (TPSA) is 79.4 Å². The Labute approximate surface area is 159 Å². The number of hydrogen-bond donors (Lipinski definition) is 1. The van der Waals surface area contributed by atoms with Crippen molar-refractivity contribution in [2.75, 3.05) is 11.9 Å². The monoisotopic (exact) mass is 379 g/mol. The van der Waals surface area contributed by atoms with Gasteiger partial charge in [-0.15, -0.1) is 0 Å². The van der Waals surface area contributed by atoms with Gasteiger partial charge >= 0.3 is 0 Å². The number of rotatable bonds is 4. The van der Waals surface area contributed by atoms with Crippen molar-refractivity contribution in [2.24, 2.45) is 0 Å².